The first kappa shape index (κ1) is 16.7. The second-order valence-electron chi connectivity index (χ2n) is 5.32. The van der Waals surface area contributed by atoms with Crippen molar-refractivity contribution in [3.63, 3.8) is 0 Å². The highest BCUT2D eigenvalue weighted by Gasteiger charge is 2.37. The van der Waals surface area contributed by atoms with Gasteiger partial charge in [0.2, 0.25) is 0 Å². The van der Waals surface area contributed by atoms with Crippen LogP contribution in [0, 0.1) is 5.92 Å². The van der Waals surface area contributed by atoms with Gasteiger partial charge in [-0.3, -0.25) is 0 Å². The lowest BCUT2D eigenvalue weighted by Crippen LogP contribution is -2.57. The summed E-state index contributed by atoms with van der Waals surface area (Å²) in [6.45, 7) is 11.3. The lowest BCUT2D eigenvalue weighted by molar-refractivity contribution is -0.147. The number of likely N-dealkylation sites (N-methyl/N-ethyl adjacent to an activating group) is 1. The van der Waals surface area contributed by atoms with Gasteiger partial charge in [0.1, 0.15) is 5.54 Å². The minimum absolute atomic E-state index is 0.0659. The Morgan fingerprint density at radius 2 is 1.78 bits per heavy atom. The number of nitrogens with one attached hydrogen (secondary N) is 1. The second-order valence-corrected chi connectivity index (χ2v) is 5.32. The third kappa shape index (κ3) is 3.89. The number of urea groups is 1. The van der Waals surface area contributed by atoms with Crippen LogP contribution in [-0.4, -0.2) is 40.1 Å². The molecule has 1 atom stereocenters. The number of hydrogen-bond acceptors (Lipinski definition) is 2. The van der Waals surface area contributed by atoms with Gasteiger partial charge in [0, 0.05) is 12.6 Å². The fourth-order valence-electron chi connectivity index (χ4n) is 1.88. The van der Waals surface area contributed by atoms with Crippen molar-refractivity contribution in [2.45, 2.75) is 59.5 Å². The Bertz CT molecular complexity index is 301. The smallest absolute Gasteiger partial charge is 0.329 e. The van der Waals surface area contributed by atoms with Crippen LogP contribution in [0.25, 0.3) is 0 Å². The lowest BCUT2D eigenvalue weighted by atomic mass is 10.0. The Kier molecular flexibility index (Phi) is 6.15. The maximum atomic E-state index is 12.2. The van der Waals surface area contributed by atoms with Crippen LogP contribution in [0.4, 0.5) is 4.79 Å². The third-order valence-electron chi connectivity index (χ3n) is 3.31. The molecular formula is C13H26N2O3. The van der Waals surface area contributed by atoms with Crippen LogP contribution in [0.3, 0.4) is 0 Å². The predicted octanol–water partition coefficient (Wildman–Crippen LogP) is 2.32. The monoisotopic (exact) mass is 258 g/mol. The maximum absolute atomic E-state index is 12.2. The molecule has 0 saturated carbocycles. The zero-order chi connectivity index (χ0) is 14.5. The number of carbonyl (C=O) groups is 2. The van der Waals surface area contributed by atoms with E-state index in [1.807, 2.05) is 20.8 Å². The predicted molar refractivity (Wildman–Crippen MR) is 71.5 cm³/mol. The van der Waals surface area contributed by atoms with E-state index in [1.54, 1.807) is 6.92 Å². The Labute approximate surface area is 110 Å². The van der Waals surface area contributed by atoms with Gasteiger partial charge >= 0.3 is 12.0 Å². The fraction of sp³-hybridized carbons (Fsp3) is 0.846. The summed E-state index contributed by atoms with van der Waals surface area (Å²) in [7, 11) is 0. The highest BCUT2D eigenvalue weighted by molar-refractivity contribution is 5.85. The van der Waals surface area contributed by atoms with Crippen LogP contribution in [0.15, 0.2) is 0 Å². The summed E-state index contributed by atoms with van der Waals surface area (Å²) in [5, 5.41) is 12.1. The van der Waals surface area contributed by atoms with Gasteiger partial charge in [-0.05, 0) is 33.1 Å². The summed E-state index contributed by atoms with van der Waals surface area (Å²) in [6, 6.07) is -0.249. The summed E-state index contributed by atoms with van der Waals surface area (Å²) in [5.41, 5.74) is -1.20. The molecule has 0 saturated heterocycles. The molecular weight excluding hydrogens is 232 g/mol. The molecule has 0 aliphatic rings. The van der Waals surface area contributed by atoms with Gasteiger partial charge in [-0.15, -0.1) is 0 Å². The summed E-state index contributed by atoms with van der Waals surface area (Å²) < 4.78 is 0. The molecule has 2 amide bonds. The highest BCUT2D eigenvalue weighted by atomic mass is 16.4. The molecule has 0 bridgehead atoms. The van der Waals surface area contributed by atoms with E-state index in [-0.39, 0.29) is 12.1 Å². The highest BCUT2D eigenvalue weighted by Crippen LogP contribution is 2.16. The summed E-state index contributed by atoms with van der Waals surface area (Å²) in [4.78, 5) is 24.7. The first-order chi connectivity index (χ1) is 8.18. The minimum Gasteiger partial charge on any atom is -0.480 e. The molecule has 106 valence electrons. The lowest BCUT2D eigenvalue weighted by Gasteiger charge is -2.36. The molecule has 5 heteroatoms. The largest absolute Gasteiger partial charge is 0.480 e. The van der Waals surface area contributed by atoms with Crippen molar-refractivity contribution in [2.75, 3.05) is 6.54 Å². The normalized spacial score (nSPS) is 13.3. The van der Waals surface area contributed by atoms with Gasteiger partial charge in [-0.2, -0.15) is 0 Å². The number of amides is 2. The molecule has 5 nitrogen and oxygen atoms in total. The molecule has 0 spiro atoms. The molecule has 0 aromatic carbocycles. The summed E-state index contributed by atoms with van der Waals surface area (Å²) in [5.74, 6) is -0.678. The van der Waals surface area contributed by atoms with E-state index in [9.17, 15) is 14.7 Å². The number of carboxylic acids is 1. The molecule has 0 aromatic heterocycles. The van der Waals surface area contributed by atoms with Gasteiger partial charge in [0.25, 0.3) is 0 Å². The molecule has 1 unspecified atom stereocenters. The molecule has 0 fully saturated rings. The average Bonchev–Trinajstić information content (AvgIpc) is 2.25. The standard InChI is InChI=1S/C13H26N2O3/c1-7-10(9(3)4)14-12(18)15(8-2)13(5,6)11(16)17/h9-10H,7-8H2,1-6H3,(H,14,18)(H,16,17). The number of carbonyl (C=O) groups excluding carboxylic acids is 1. The molecule has 0 aliphatic carbocycles. The van der Waals surface area contributed by atoms with Gasteiger partial charge in [0.05, 0.1) is 0 Å². The number of hydrogen-bond donors (Lipinski definition) is 2. The van der Waals surface area contributed by atoms with Crippen molar-refractivity contribution < 1.29 is 14.7 Å². The summed E-state index contributed by atoms with van der Waals surface area (Å²) in [6.07, 6.45) is 0.828. The minimum atomic E-state index is -1.20. The van der Waals surface area contributed by atoms with Crippen LogP contribution in [0.5, 0.6) is 0 Å². The molecule has 0 aliphatic heterocycles. The molecule has 0 heterocycles. The van der Waals surface area contributed by atoms with Crippen LogP contribution < -0.4 is 5.32 Å². The molecule has 0 radical (unpaired) electrons. The van der Waals surface area contributed by atoms with Crippen molar-refractivity contribution in [3.8, 4) is 0 Å². The SMILES string of the molecule is CCC(NC(=O)N(CC)C(C)(C)C(=O)O)C(C)C. The Hall–Kier alpha value is -1.26. The van der Waals surface area contributed by atoms with E-state index >= 15 is 0 Å². The maximum Gasteiger partial charge on any atom is 0.329 e. The van der Waals surface area contributed by atoms with Crippen molar-refractivity contribution in [1.82, 2.24) is 10.2 Å². The van der Waals surface area contributed by atoms with E-state index in [2.05, 4.69) is 5.32 Å². The van der Waals surface area contributed by atoms with E-state index in [4.69, 9.17) is 0 Å². The first-order valence-electron chi connectivity index (χ1n) is 6.49. The topological polar surface area (TPSA) is 69.6 Å². The van der Waals surface area contributed by atoms with Crippen molar-refractivity contribution in [1.29, 1.82) is 0 Å². The quantitative estimate of drug-likeness (QED) is 0.768. The van der Waals surface area contributed by atoms with E-state index in [0.29, 0.717) is 12.5 Å². The summed E-state index contributed by atoms with van der Waals surface area (Å²) >= 11 is 0. The van der Waals surface area contributed by atoms with Gasteiger partial charge < -0.3 is 15.3 Å². The van der Waals surface area contributed by atoms with Crippen LogP contribution in [0.1, 0.15) is 48.0 Å². The number of carboxylic acid groups (broad SMARTS) is 1. The fourth-order valence-corrected chi connectivity index (χ4v) is 1.88. The first-order valence-corrected chi connectivity index (χ1v) is 6.49. The average molecular weight is 258 g/mol. The van der Waals surface area contributed by atoms with E-state index in [1.165, 1.54) is 18.7 Å². The van der Waals surface area contributed by atoms with Crippen LogP contribution >= 0.6 is 0 Å². The zero-order valence-electron chi connectivity index (χ0n) is 12.3. The van der Waals surface area contributed by atoms with Crippen LogP contribution in [0.2, 0.25) is 0 Å². The van der Waals surface area contributed by atoms with Crippen LogP contribution in [-0.2, 0) is 4.79 Å². The van der Waals surface area contributed by atoms with Crippen molar-refractivity contribution in [3.05, 3.63) is 0 Å². The molecule has 18 heavy (non-hydrogen) atoms. The Morgan fingerprint density at radius 1 is 1.28 bits per heavy atom. The Balaban J connectivity index is 4.88. The van der Waals surface area contributed by atoms with Gasteiger partial charge in [-0.25, -0.2) is 9.59 Å². The third-order valence-corrected chi connectivity index (χ3v) is 3.31. The number of nitrogens with zero attached hydrogens (tertiary/aromatic N) is 1. The Morgan fingerprint density at radius 3 is 2.06 bits per heavy atom. The zero-order valence-corrected chi connectivity index (χ0v) is 12.3. The molecule has 0 rings (SSSR count). The second kappa shape index (κ2) is 6.61. The van der Waals surface area contributed by atoms with E-state index in [0.717, 1.165) is 6.42 Å². The molecule has 0 aromatic rings. The van der Waals surface area contributed by atoms with Gasteiger partial charge in [-0.1, -0.05) is 20.8 Å². The van der Waals surface area contributed by atoms with Crippen molar-refractivity contribution >= 4 is 12.0 Å². The van der Waals surface area contributed by atoms with Crippen molar-refractivity contribution in [2.24, 2.45) is 5.92 Å². The number of rotatable bonds is 6. The van der Waals surface area contributed by atoms with E-state index < -0.39 is 11.5 Å². The number of aliphatic carboxylic acids is 1. The molecule has 2 N–H and O–H groups in total. The van der Waals surface area contributed by atoms with Gasteiger partial charge in [0.15, 0.2) is 0 Å².